The molecule has 2 aromatic rings. The molecule has 5 heteroatoms. The van der Waals surface area contributed by atoms with E-state index in [-0.39, 0.29) is 11.8 Å². The van der Waals surface area contributed by atoms with Crippen LogP contribution < -0.4 is 10.1 Å². The fourth-order valence-electron chi connectivity index (χ4n) is 1.93. The molecule has 0 aliphatic heterocycles. The molecule has 3 nitrogen and oxygen atoms in total. The maximum atomic E-state index is 12.4. The van der Waals surface area contributed by atoms with E-state index in [0.717, 1.165) is 5.56 Å². The van der Waals surface area contributed by atoms with Crippen molar-refractivity contribution in [3.05, 3.63) is 59.9 Å². The predicted molar refractivity (Wildman–Crippen MR) is 72.6 cm³/mol. The molecule has 0 aliphatic carbocycles. The molecule has 1 aromatic heterocycles. The molecule has 0 radical (unpaired) electrons. The molecule has 1 aromatic carbocycles. The standard InChI is InChI=1S/C15H16F2N2O/c1-11(19-10-12-5-4-8-18-9-12)13-6-2-3-7-14(13)20-15(16)17/h2-9,11,15,19H,10H2,1H3. The number of pyridine rings is 1. The number of hydrogen-bond donors (Lipinski definition) is 1. The molecule has 2 rings (SSSR count). The SMILES string of the molecule is CC(NCc1cccnc1)c1ccccc1OC(F)F. The van der Waals surface area contributed by atoms with E-state index in [4.69, 9.17) is 0 Å². The number of alkyl halides is 2. The molecule has 0 saturated heterocycles. The van der Waals surface area contributed by atoms with Crippen molar-refractivity contribution in [2.24, 2.45) is 0 Å². The zero-order chi connectivity index (χ0) is 14.4. The number of rotatable bonds is 6. The van der Waals surface area contributed by atoms with Gasteiger partial charge in [-0.3, -0.25) is 4.98 Å². The van der Waals surface area contributed by atoms with Crippen LogP contribution in [0.25, 0.3) is 0 Å². The van der Waals surface area contributed by atoms with Gasteiger partial charge >= 0.3 is 6.61 Å². The van der Waals surface area contributed by atoms with Crippen molar-refractivity contribution in [3.8, 4) is 5.75 Å². The Morgan fingerprint density at radius 3 is 2.70 bits per heavy atom. The van der Waals surface area contributed by atoms with Crippen molar-refractivity contribution >= 4 is 0 Å². The molecular weight excluding hydrogens is 262 g/mol. The van der Waals surface area contributed by atoms with Gasteiger partial charge in [0, 0.05) is 30.5 Å². The molecule has 0 amide bonds. The van der Waals surface area contributed by atoms with Gasteiger partial charge < -0.3 is 10.1 Å². The minimum atomic E-state index is -2.82. The number of aromatic nitrogens is 1. The van der Waals surface area contributed by atoms with E-state index in [1.54, 1.807) is 36.7 Å². The number of benzene rings is 1. The number of hydrogen-bond acceptors (Lipinski definition) is 3. The van der Waals surface area contributed by atoms with Crippen molar-refractivity contribution in [3.63, 3.8) is 0 Å². The van der Waals surface area contributed by atoms with Gasteiger partial charge in [0.1, 0.15) is 5.75 Å². The summed E-state index contributed by atoms with van der Waals surface area (Å²) in [7, 11) is 0. The second kappa shape index (κ2) is 6.96. The summed E-state index contributed by atoms with van der Waals surface area (Å²) in [5.74, 6) is 0.202. The van der Waals surface area contributed by atoms with Gasteiger partial charge in [0.05, 0.1) is 0 Å². The summed E-state index contributed by atoms with van der Waals surface area (Å²) in [6.45, 7) is -0.302. The first-order valence-electron chi connectivity index (χ1n) is 6.33. The lowest BCUT2D eigenvalue weighted by atomic mass is 10.1. The van der Waals surface area contributed by atoms with Crippen LogP contribution in [0.15, 0.2) is 48.8 Å². The lowest BCUT2D eigenvalue weighted by Crippen LogP contribution is -2.19. The van der Waals surface area contributed by atoms with Gasteiger partial charge in [0.15, 0.2) is 0 Å². The number of nitrogens with one attached hydrogen (secondary N) is 1. The minimum Gasteiger partial charge on any atom is -0.434 e. The van der Waals surface area contributed by atoms with Crippen molar-refractivity contribution in [1.29, 1.82) is 0 Å². The molecule has 0 spiro atoms. The van der Waals surface area contributed by atoms with Crippen molar-refractivity contribution in [2.75, 3.05) is 0 Å². The summed E-state index contributed by atoms with van der Waals surface area (Å²) in [6, 6.07) is 10.5. The van der Waals surface area contributed by atoms with Gasteiger partial charge in [-0.05, 0) is 24.6 Å². The van der Waals surface area contributed by atoms with Gasteiger partial charge in [-0.1, -0.05) is 24.3 Å². The first kappa shape index (κ1) is 14.4. The van der Waals surface area contributed by atoms with Gasteiger partial charge in [0.2, 0.25) is 0 Å². The Balaban J connectivity index is 2.03. The van der Waals surface area contributed by atoms with E-state index in [1.165, 1.54) is 0 Å². The highest BCUT2D eigenvalue weighted by Gasteiger charge is 2.13. The summed E-state index contributed by atoms with van der Waals surface area (Å²) in [4.78, 5) is 4.03. The molecule has 0 aliphatic rings. The fourth-order valence-corrected chi connectivity index (χ4v) is 1.93. The molecule has 1 N–H and O–H groups in total. The highest BCUT2D eigenvalue weighted by Crippen LogP contribution is 2.26. The van der Waals surface area contributed by atoms with Crippen LogP contribution in [0.2, 0.25) is 0 Å². The maximum absolute atomic E-state index is 12.4. The Morgan fingerprint density at radius 1 is 1.20 bits per heavy atom. The summed E-state index contributed by atoms with van der Waals surface area (Å²) in [5, 5.41) is 3.26. The van der Waals surface area contributed by atoms with E-state index in [2.05, 4.69) is 15.0 Å². The van der Waals surface area contributed by atoms with Crippen LogP contribution in [-0.2, 0) is 6.54 Å². The zero-order valence-corrected chi connectivity index (χ0v) is 11.1. The fraction of sp³-hybridized carbons (Fsp3) is 0.267. The van der Waals surface area contributed by atoms with Gasteiger partial charge in [0.25, 0.3) is 0 Å². The number of halogens is 2. The summed E-state index contributed by atoms with van der Waals surface area (Å²) in [5.41, 5.74) is 1.74. The van der Waals surface area contributed by atoms with E-state index in [1.807, 2.05) is 19.1 Å². The molecular formula is C15H16F2N2O. The predicted octanol–water partition coefficient (Wildman–Crippen LogP) is 3.53. The normalized spacial score (nSPS) is 12.4. The second-order valence-electron chi connectivity index (χ2n) is 4.38. The van der Waals surface area contributed by atoms with E-state index in [9.17, 15) is 8.78 Å². The Morgan fingerprint density at radius 2 is 2.00 bits per heavy atom. The van der Waals surface area contributed by atoms with E-state index in [0.29, 0.717) is 12.1 Å². The Hall–Kier alpha value is -2.01. The Labute approximate surface area is 116 Å². The number of para-hydroxylation sites is 1. The molecule has 106 valence electrons. The summed E-state index contributed by atoms with van der Waals surface area (Å²) >= 11 is 0. The van der Waals surface area contributed by atoms with Crippen LogP contribution in [0.3, 0.4) is 0 Å². The number of ether oxygens (including phenoxy) is 1. The summed E-state index contributed by atoms with van der Waals surface area (Å²) in [6.07, 6.45) is 3.47. The largest absolute Gasteiger partial charge is 0.434 e. The smallest absolute Gasteiger partial charge is 0.387 e. The van der Waals surface area contributed by atoms with Gasteiger partial charge in [-0.15, -0.1) is 0 Å². The van der Waals surface area contributed by atoms with Crippen LogP contribution in [0.5, 0.6) is 5.75 Å². The zero-order valence-electron chi connectivity index (χ0n) is 11.1. The monoisotopic (exact) mass is 278 g/mol. The Kier molecular flexibility index (Phi) is 5.01. The first-order chi connectivity index (χ1) is 9.66. The molecule has 1 unspecified atom stereocenters. The summed E-state index contributed by atoms with van der Waals surface area (Å²) < 4.78 is 29.3. The highest BCUT2D eigenvalue weighted by molar-refractivity contribution is 5.35. The van der Waals surface area contributed by atoms with E-state index < -0.39 is 6.61 Å². The van der Waals surface area contributed by atoms with E-state index >= 15 is 0 Å². The van der Waals surface area contributed by atoms with Gasteiger partial charge in [-0.25, -0.2) is 0 Å². The van der Waals surface area contributed by atoms with Crippen LogP contribution in [-0.4, -0.2) is 11.6 Å². The maximum Gasteiger partial charge on any atom is 0.387 e. The third-order valence-corrected chi connectivity index (χ3v) is 2.94. The minimum absolute atomic E-state index is 0.106. The average molecular weight is 278 g/mol. The highest BCUT2D eigenvalue weighted by atomic mass is 19.3. The number of nitrogens with zero attached hydrogens (tertiary/aromatic N) is 1. The third-order valence-electron chi connectivity index (χ3n) is 2.94. The topological polar surface area (TPSA) is 34.2 Å². The van der Waals surface area contributed by atoms with Crippen LogP contribution in [0.1, 0.15) is 24.1 Å². The molecule has 0 fully saturated rings. The third kappa shape index (κ3) is 3.99. The molecule has 1 heterocycles. The molecule has 0 saturated carbocycles. The van der Waals surface area contributed by atoms with Gasteiger partial charge in [-0.2, -0.15) is 8.78 Å². The quantitative estimate of drug-likeness (QED) is 0.877. The van der Waals surface area contributed by atoms with Crippen molar-refractivity contribution in [2.45, 2.75) is 26.1 Å². The molecule has 1 atom stereocenters. The lowest BCUT2D eigenvalue weighted by Gasteiger charge is -2.18. The van der Waals surface area contributed by atoms with Crippen molar-refractivity contribution < 1.29 is 13.5 Å². The molecule has 0 bridgehead atoms. The second-order valence-corrected chi connectivity index (χ2v) is 4.38. The average Bonchev–Trinajstić information content (AvgIpc) is 2.46. The van der Waals surface area contributed by atoms with Crippen LogP contribution in [0.4, 0.5) is 8.78 Å². The Bertz CT molecular complexity index is 534. The first-order valence-corrected chi connectivity index (χ1v) is 6.33. The lowest BCUT2D eigenvalue weighted by molar-refractivity contribution is -0.0506. The molecule has 20 heavy (non-hydrogen) atoms. The van der Waals surface area contributed by atoms with Crippen LogP contribution in [0, 0.1) is 0 Å². The van der Waals surface area contributed by atoms with Crippen molar-refractivity contribution in [1.82, 2.24) is 10.3 Å². The van der Waals surface area contributed by atoms with Crippen LogP contribution >= 0.6 is 0 Å².